The van der Waals surface area contributed by atoms with Crippen LogP contribution in [0.1, 0.15) is 44.6 Å². The van der Waals surface area contributed by atoms with Crippen molar-refractivity contribution in [3.05, 3.63) is 132 Å². The van der Waals surface area contributed by atoms with Crippen LogP contribution in [0.25, 0.3) is 11.2 Å². The monoisotopic (exact) mass is 915 g/mol. The second-order valence-electron chi connectivity index (χ2n) is 13.5. The SMILES string of the molecule is Nc1ncccc1NC1CC1.O=[N+]([O-])c1ncccc1NC1CC1.O=[N+]([O-])c1ncccc1O.O=[N+]([O-])c1ncccc1OS(=O)(=O)C(F)(F)F.O=c1[nH]c2ncccc2n1C1CC1. The molecule has 0 atom stereocenters. The van der Waals surface area contributed by atoms with E-state index in [0.29, 0.717) is 41.3 Å². The minimum Gasteiger partial charge on any atom is -0.501 e. The normalized spacial score (nSPS) is 14.0. The van der Waals surface area contributed by atoms with E-state index in [1.807, 2.05) is 28.8 Å². The van der Waals surface area contributed by atoms with E-state index in [0.717, 1.165) is 49.2 Å². The summed E-state index contributed by atoms with van der Waals surface area (Å²) in [7, 11) is -5.95. The summed E-state index contributed by atoms with van der Waals surface area (Å²) in [5.41, 5.74) is 3.03. The molecule has 0 aromatic carbocycles. The lowest BCUT2D eigenvalue weighted by molar-refractivity contribution is -0.390. The fraction of sp³-hybridized carbons (Fsp3) is 0.278. The number of nitrogens with zero attached hydrogens (tertiary/aromatic N) is 9. The summed E-state index contributed by atoms with van der Waals surface area (Å²) >= 11 is 0. The average Bonchev–Trinajstić information content (AvgIpc) is 4.12. The lowest BCUT2D eigenvalue weighted by atomic mass is 10.4. The topological polar surface area (TPSA) is 345 Å². The van der Waals surface area contributed by atoms with Gasteiger partial charge in [-0.05, 0) is 129 Å². The third kappa shape index (κ3) is 13.5. The molecule has 9 rings (SSSR count). The van der Waals surface area contributed by atoms with Crippen molar-refractivity contribution < 1.29 is 45.6 Å². The first-order valence-corrected chi connectivity index (χ1v) is 20.0. The Bertz CT molecular complexity index is 2770. The molecule has 6 heterocycles. The molecule has 6 aromatic rings. The molecule has 338 valence electrons. The number of nitrogens with two attached hydrogens (primary N) is 1. The standard InChI is InChI=1S/C9H9N3O.C8H9N3O2.C8H11N3.C6H3F3N2O5S.C5H4N2O3/c13-9-11-8-7(2-1-5-10-8)12(9)6-3-4-6;12-11(13)8-7(2-1-5-9-8)10-6-3-4-6;9-8-7(2-1-5-10-8)11-6-3-4-6;7-6(8,9)17(14,15)16-4-2-1-3-10-5(4)11(12)13;8-4-2-1-3-6-5(4)7(9)10/h1-2,5-6H,3-4H2,(H,10,11,13);1-2,5-6,10H,3-4H2;1-2,5-6,11H,3-4H2,(H2,9,10);1-3H;1-3,8H. The van der Waals surface area contributed by atoms with Crippen molar-refractivity contribution in [2.24, 2.45) is 0 Å². The third-order valence-electron chi connectivity index (χ3n) is 8.42. The number of hydrogen-bond acceptors (Lipinski definition) is 19. The van der Waals surface area contributed by atoms with Gasteiger partial charge < -0.3 is 56.0 Å². The Labute approximate surface area is 358 Å². The summed E-state index contributed by atoms with van der Waals surface area (Å²) in [6.07, 6.45) is 13.9. The smallest absolute Gasteiger partial charge is 0.501 e. The predicted molar refractivity (Wildman–Crippen MR) is 221 cm³/mol. The Balaban J connectivity index is 0.000000152. The Morgan fingerprint density at radius 3 is 1.72 bits per heavy atom. The van der Waals surface area contributed by atoms with Crippen molar-refractivity contribution in [1.29, 1.82) is 0 Å². The zero-order valence-corrected chi connectivity index (χ0v) is 33.6. The first kappa shape index (κ1) is 47.0. The molecule has 0 unspecified atom stereocenters. The number of halogens is 3. The van der Waals surface area contributed by atoms with Crippen molar-refractivity contribution in [3.63, 3.8) is 0 Å². The van der Waals surface area contributed by atoms with Gasteiger partial charge in [-0.3, -0.25) is 9.55 Å². The van der Waals surface area contributed by atoms with E-state index in [4.69, 9.17) is 10.8 Å². The van der Waals surface area contributed by atoms with E-state index in [1.54, 1.807) is 24.5 Å². The van der Waals surface area contributed by atoms with Gasteiger partial charge in [-0.15, -0.1) is 0 Å². The van der Waals surface area contributed by atoms with E-state index < -0.39 is 53.5 Å². The lowest BCUT2D eigenvalue weighted by Gasteiger charge is -2.08. The minimum absolute atomic E-state index is 0.0313. The largest absolute Gasteiger partial charge is 0.534 e. The van der Waals surface area contributed by atoms with E-state index in [1.165, 1.54) is 37.4 Å². The highest BCUT2D eigenvalue weighted by atomic mass is 32.2. The Hall–Kier alpha value is -8.04. The van der Waals surface area contributed by atoms with Crippen LogP contribution in [0, 0.1) is 30.3 Å². The highest BCUT2D eigenvalue weighted by Crippen LogP contribution is 2.35. The van der Waals surface area contributed by atoms with Gasteiger partial charge in [-0.1, -0.05) is 0 Å². The molecule has 64 heavy (non-hydrogen) atoms. The molecule has 3 aliphatic carbocycles. The molecule has 3 fully saturated rings. The van der Waals surface area contributed by atoms with Crippen LogP contribution >= 0.6 is 0 Å². The van der Waals surface area contributed by atoms with Crippen LogP contribution in [-0.4, -0.2) is 80.4 Å². The number of alkyl halides is 3. The van der Waals surface area contributed by atoms with Crippen molar-refractivity contribution in [1.82, 2.24) is 34.5 Å². The van der Waals surface area contributed by atoms with Gasteiger partial charge in [0.05, 0.1) is 11.2 Å². The van der Waals surface area contributed by atoms with Gasteiger partial charge in [0.15, 0.2) is 5.65 Å². The maximum atomic E-state index is 11.9. The molecule has 3 aliphatic rings. The number of aromatic hydroxyl groups is 1. The number of nitro groups is 3. The number of aromatic amines is 1. The zero-order valence-electron chi connectivity index (χ0n) is 32.8. The molecule has 0 aliphatic heterocycles. The Kier molecular flexibility index (Phi) is 15.2. The van der Waals surface area contributed by atoms with E-state index in [9.17, 15) is 56.7 Å². The van der Waals surface area contributed by atoms with Crippen LogP contribution in [0.5, 0.6) is 11.5 Å². The quantitative estimate of drug-likeness (QED) is 0.0471. The van der Waals surface area contributed by atoms with Crippen LogP contribution in [0.3, 0.4) is 0 Å². The fourth-order valence-corrected chi connectivity index (χ4v) is 5.48. The second kappa shape index (κ2) is 20.7. The summed E-state index contributed by atoms with van der Waals surface area (Å²) in [6.45, 7) is 0. The van der Waals surface area contributed by atoms with E-state index in [-0.39, 0.29) is 11.5 Å². The van der Waals surface area contributed by atoms with Crippen LogP contribution in [0.4, 0.5) is 47.8 Å². The summed E-state index contributed by atoms with van der Waals surface area (Å²) in [4.78, 5) is 60.9. The number of H-pyrrole nitrogens is 1. The number of rotatable bonds is 10. The van der Waals surface area contributed by atoms with Crippen LogP contribution in [-0.2, 0) is 10.1 Å². The minimum atomic E-state index is -5.95. The number of fused-ring (bicyclic) bond motifs is 1. The van der Waals surface area contributed by atoms with Gasteiger partial charge in [0.1, 0.15) is 30.1 Å². The fourth-order valence-electron chi connectivity index (χ4n) is 5.02. The molecule has 0 saturated heterocycles. The van der Waals surface area contributed by atoms with Gasteiger partial charge in [0.2, 0.25) is 11.5 Å². The summed E-state index contributed by atoms with van der Waals surface area (Å²) in [5.74, 6) is -2.64. The van der Waals surface area contributed by atoms with Gasteiger partial charge >= 0.3 is 38.8 Å². The lowest BCUT2D eigenvalue weighted by Crippen LogP contribution is -2.28. The van der Waals surface area contributed by atoms with E-state index >= 15 is 0 Å². The van der Waals surface area contributed by atoms with Crippen LogP contribution < -0.4 is 26.2 Å². The number of imidazole rings is 1. The van der Waals surface area contributed by atoms with Crippen molar-refractivity contribution in [2.75, 3.05) is 16.4 Å². The number of pyridine rings is 5. The number of nitrogen functional groups attached to an aromatic ring is 1. The zero-order chi connectivity index (χ0) is 46.6. The summed E-state index contributed by atoms with van der Waals surface area (Å²) in [5, 5.41) is 46.0. The molecule has 24 nitrogen and oxygen atoms in total. The molecule has 28 heteroatoms. The van der Waals surface area contributed by atoms with E-state index in [2.05, 4.69) is 44.7 Å². The molecule has 0 radical (unpaired) electrons. The van der Waals surface area contributed by atoms with Gasteiger partial charge in [-0.25, -0.2) is 14.8 Å². The maximum absolute atomic E-state index is 11.9. The molecule has 0 amide bonds. The Morgan fingerprint density at radius 1 is 0.719 bits per heavy atom. The summed E-state index contributed by atoms with van der Waals surface area (Å²) < 4.78 is 62.5. The van der Waals surface area contributed by atoms with Crippen molar-refractivity contribution in [3.8, 4) is 11.5 Å². The molecular weight excluding hydrogens is 880 g/mol. The highest BCUT2D eigenvalue weighted by molar-refractivity contribution is 7.88. The number of anilines is 3. The van der Waals surface area contributed by atoms with Gasteiger partial charge in [0, 0.05) is 30.5 Å². The average molecular weight is 916 g/mol. The first-order valence-electron chi connectivity index (χ1n) is 18.6. The second-order valence-corrected chi connectivity index (χ2v) is 15.0. The first-order chi connectivity index (χ1) is 30.4. The number of nitrogens with one attached hydrogen (secondary N) is 3. The van der Waals surface area contributed by atoms with Crippen molar-refractivity contribution in [2.45, 2.75) is 62.2 Å². The third-order valence-corrected chi connectivity index (χ3v) is 9.39. The maximum Gasteiger partial charge on any atom is 0.534 e. The molecule has 0 spiro atoms. The molecular formula is C36H36F3N13O11S. The van der Waals surface area contributed by atoms with Crippen LogP contribution in [0.2, 0.25) is 0 Å². The van der Waals surface area contributed by atoms with Gasteiger partial charge in [0.25, 0.3) is 0 Å². The molecule has 6 aromatic heterocycles. The van der Waals surface area contributed by atoms with Gasteiger partial charge in [-0.2, -0.15) is 21.6 Å². The molecule has 3 saturated carbocycles. The Morgan fingerprint density at radius 2 is 1.20 bits per heavy atom. The summed E-state index contributed by atoms with van der Waals surface area (Å²) in [6, 6.07) is 16.8. The number of aromatic nitrogens is 7. The number of hydrogen-bond donors (Lipinski definition) is 5. The predicted octanol–water partition coefficient (Wildman–Crippen LogP) is 5.78. The van der Waals surface area contributed by atoms with Crippen molar-refractivity contribution >= 4 is 55.9 Å². The van der Waals surface area contributed by atoms with Crippen LogP contribution in [0.15, 0.2) is 96.4 Å². The molecule has 0 bridgehead atoms. The molecule has 6 N–H and O–H groups in total. The highest BCUT2D eigenvalue weighted by Gasteiger charge is 2.49.